The van der Waals surface area contributed by atoms with E-state index >= 15 is 0 Å². The second-order valence-corrected chi connectivity index (χ2v) is 7.41. The molecule has 0 aromatic carbocycles. The Balaban J connectivity index is 2.91. The summed E-state index contributed by atoms with van der Waals surface area (Å²) >= 11 is 0. The number of sulfonamides is 1. The average Bonchev–Trinajstić information content (AvgIpc) is 2.36. The summed E-state index contributed by atoms with van der Waals surface area (Å²) in [7, 11) is 0.191. The van der Waals surface area contributed by atoms with Crippen LogP contribution in [0, 0.1) is 17.2 Å². The van der Waals surface area contributed by atoms with E-state index in [4.69, 9.17) is 5.26 Å². The van der Waals surface area contributed by atoms with Gasteiger partial charge in [0, 0.05) is 18.8 Å². The first-order valence-corrected chi connectivity index (χ1v) is 8.26. The molecule has 1 atom stereocenters. The van der Waals surface area contributed by atoms with Crippen LogP contribution in [-0.4, -0.2) is 45.0 Å². The van der Waals surface area contributed by atoms with Crippen molar-refractivity contribution in [2.75, 3.05) is 20.6 Å². The van der Waals surface area contributed by atoms with Crippen LogP contribution >= 0.6 is 0 Å². The fraction of sp³-hybridized carbons (Fsp3) is 0.571. The topological polar surface area (TPSA) is 86.1 Å². The maximum Gasteiger partial charge on any atom is 0.242 e. The van der Waals surface area contributed by atoms with Crippen LogP contribution in [0.2, 0.25) is 0 Å². The van der Waals surface area contributed by atoms with Gasteiger partial charge in [0.05, 0.1) is 0 Å². The number of rotatable bonds is 7. The monoisotopic (exact) mass is 310 g/mol. The lowest BCUT2D eigenvalue weighted by atomic mass is 10.0. The predicted octanol–water partition coefficient (Wildman–Crippen LogP) is 1.21. The Bertz CT molecular complexity index is 578. The minimum absolute atomic E-state index is 0.0778. The lowest BCUT2D eigenvalue weighted by molar-refractivity contribution is 0.329. The highest BCUT2D eigenvalue weighted by molar-refractivity contribution is 7.89. The van der Waals surface area contributed by atoms with Crippen LogP contribution in [-0.2, 0) is 10.0 Å². The highest BCUT2D eigenvalue weighted by atomic mass is 32.2. The van der Waals surface area contributed by atoms with Crippen LogP contribution in [0.1, 0.15) is 26.0 Å². The third-order valence-corrected chi connectivity index (χ3v) is 4.33. The molecule has 1 unspecified atom stereocenters. The van der Waals surface area contributed by atoms with Gasteiger partial charge in [-0.2, -0.15) is 5.26 Å². The maximum absolute atomic E-state index is 12.4. The van der Waals surface area contributed by atoms with Gasteiger partial charge < -0.3 is 4.90 Å². The molecule has 0 fully saturated rings. The van der Waals surface area contributed by atoms with E-state index in [-0.39, 0.29) is 16.6 Å². The number of nitriles is 1. The third kappa shape index (κ3) is 5.79. The molecule has 0 aliphatic carbocycles. The fourth-order valence-electron chi connectivity index (χ4n) is 2.06. The average molecular weight is 310 g/mol. The van der Waals surface area contributed by atoms with Crippen molar-refractivity contribution in [1.82, 2.24) is 14.6 Å². The third-order valence-electron chi connectivity index (χ3n) is 2.82. The minimum Gasteiger partial charge on any atom is -0.308 e. The van der Waals surface area contributed by atoms with Crippen molar-refractivity contribution in [1.29, 1.82) is 5.26 Å². The summed E-state index contributed by atoms with van der Waals surface area (Å²) < 4.78 is 27.4. The molecule has 1 aromatic rings. The number of aromatic nitrogens is 1. The zero-order chi connectivity index (χ0) is 16.0. The first kappa shape index (κ1) is 17.6. The van der Waals surface area contributed by atoms with Crippen molar-refractivity contribution in [2.24, 2.45) is 5.92 Å². The Hall–Kier alpha value is -1.49. The molecule has 1 rings (SSSR count). The molecule has 1 aromatic heterocycles. The highest BCUT2D eigenvalue weighted by Gasteiger charge is 2.21. The van der Waals surface area contributed by atoms with Crippen molar-refractivity contribution in [3.8, 4) is 6.07 Å². The first-order chi connectivity index (χ1) is 9.74. The lowest BCUT2D eigenvalue weighted by Crippen LogP contribution is -2.42. The highest BCUT2D eigenvalue weighted by Crippen LogP contribution is 2.12. The lowest BCUT2D eigenvalue weighted by Gasteiger charge is -2.23. The summed E-state index contributed by atoms with van der Waals surface area (Å²) in [4.78, 5) is 5.83. The summed E-state index contributed by atoms with van der Waals surface area (Å²) in [5.74, 6) is 0.386. The van der Waals surface area contributed by atoms with Crippen LogP contribution in [0.15, 0.2) is 23.2 Å². The predicted molar refractivity (Wildman–Crippen MR) is 81.1 cm³/mol. The van der Waals surface area contributed by atoms with Gasteiger partial charge in [0.25, 0.3) is 0 Å². The Morgan fingerprint density at radius 1 is 1.38 bits per heavy atom. The molecule has 6 nitrogen and oxygen atoms in total. The van der Waals surface area contributed by atoms with Gasteiger partial charge in [0.15, 0.2) is 0 Å². The molecule has 7 heteroatoms. The Morgan fingerprint density at radius 3 is 2.48 bits per heavy atom. The molecular weight excluding hydrogens is 288 g/mol. The summed E-state index contributed by atoms with van der Waals surface area (Å²) in [6, 6.07) is 4.50. The van der Waals surface area contributed by atoms with Gasteiger partial charge in [-0.3, -0.25) is 0 Å². The smallest absolute Gasteiger partial charge is 0.242 e. The van der Waals surface area contributed by atoms with Crippen LogP contribution in [0.25, 0.3) is 0 Å². The summed E-state index contributed by atoms with van der Waals surface area (Å²) in [6.07, 6.45) is 1.96. The fourth-order valence-corrected chi connectivity index (χ4v) is 3.25. The molecule has 0 spiro atoms. The number of nitrogens with one attached hydrogen (secondary N) is 1. The van der Waals surface area contributed by atoms with Gasteiger partial charge >= 0.3 is 0 Å². The Labute approximate surface area is 126 Å². The summed E-state index contributed by atoms with van der Waals surface area (Å²) in [5, 5.41) is 8.69. The molecule has 1 heterocycles. The molecule has 0 aliphatic heterocycles. The quantitative estimate of drug-likeness (QED) is 0.818. The standard InChI is InChI=1S/C14H22N4O2S/c1-11(2)7-13(10-18(3)4)17-21(19,20)14-6-5-12(8-15)16-9-14/h5-6,9,11,13,17H,7,10H2,1-4H3. The first-order valence-electron chi connectivity index (χ1n) is 6.78. The van der Waals surface area contributed by atoms with Crippen molar-refractivity contribution >= 4 is 10.0 Å². The molecule has 116 valence electrons. The van der Waals surface area contributed by atoms with E-state index < -0.39 is 10.0 Å². The number of pyridine rings is 1. The van der Waals surface area contributed by atoms with Crippen LogP contribution < -0.4 is 4.72 Å². The Kier molecular flexibility index (Phi) is 6.27. The van der Waals surface area contributed by atoms with Gasteiger partial charge in [-0.1, -0.05) is 13.8 Å². The van der Waals surface area contributed by atoms with Gasteiger partial charge in [0.2, 0.25) is 10.0 Å². The molecule has 21 heavy (non-hydrogen) atoms. The molecule has 0 saturated heterocycles. The van der Waals surface area contributed by atoms with Gasteiger partial charge in [-0.15, -0.1) is 0 Å². The SMILES string of the molecule is CC(C)CC(CN(C)C)NS(=O)(=O)c1ccc(C#N)nc1. The van der Waals surface area contributed by atoms with Gasteiger partial charge in [-0.25, -0.2) is 18.1 Å². The van der Waals surface area contributed by atoms with Crippen molar-refractivity contribution in [3.05, 3.63) is 24.0 Å². The summed E-state index contributed by atoms with van der Waals surface area (Å²) in [5.41, 5.74) is 0.195. The van der Waals surface area contributed by atoms with Crippen molar-refractivity contribution in [2.45, 2.75) is 31.2 Å². The number of likely N-dealkylation sites (N-methyl/N-ethyl adjacent to an activating group) is 1. The van der Waals surface area contributed by atoms with Crippen molar-refractivity contribution in [3.63, 3.8) is 0 Å². The molecule has 0 bridgehead atoms. The number of hydrogen-bond acceptors (Lipinski definition) is 5. The molecule has 1 N–H and O–H groups in total. The van der Waals surface area contributed by atoms with Gasteiger partial charge in [-0.05, 0) is 38.6 Å². The Morgan fingerprint density at radius 2 is 2.05 bits per heavy atom. The zero-order valence-electron chi connectivity index (χ0n) is 12.9. The van der Waals surface area contributed by atoms with E-state index in [1.54, 1.807) is 0 Å². The molecule has 0 amide bonds. The second-order valence-electron chi connectivity index (χ2n) is 5.70. The van der Waals surface area contributed by atoms with E-state index in [1.165, 1.54) is 18.3 Å². The van der Waals surface area contributed by atoms with E-state index in [0.29, 0.717) is 12.5 Å². The van der Waals surface area contributed by atoms with Crippen molar-refractivity contribution < 1.29 is 8.42 Å². The zero-order valence-corrected chi connectivity index (χ0v) is 13.7. The maximum atomic E-state index is 12.4. The van der Waals surface area contributed by atoms with Crippen LogP contribution in [0.5, 0.6) is 0 Å². The van der Waals surface area contributed by atoms with E-state index in [1.807, 2.05) is 25.1 Å². The van der Waals surface area contributed by atoms with E-state index in [2.05, 4.69) is 23.6 Å². The normalized spacial score (nSPS) is 13.4. The number of nitrogens with zero attached hydrogens (tertiary/aromatic N) is 3. The molecule has 0 aliphatic rings. The largest absolute Gasteiger partial charge is 0.308 e. The minimum atomic E-state index is -3.62. The van der Waals surface area contributed by atoms with E-state index in [0.717, 1.165) is 6.42 Å². The van der Waals surface area contributed by atoms with Crippen LogP contribution in [0.3, 0.4) is 0 Å². The second kappa shape index (κ2) is 7.50. The summed E-state index contributed by atoms with van der Waals surface area (Å²) in [6.45, 7) is 4.74. The van der Waals surface area contributed by atoms with E-state index in [9.17, 15) is 8.42 Å². The van der Waals surface area contributed by atoms with Gasteiger partial charge in [0.1, 0.15) is 16.7 Å². The van der Waals surface area contributed by atoms with Crippen LogP contribution in [0.4, 0.5) is 0 Å². The molecular formula is C14H22N4O2S. The molecule has 0 radical (unpaired) electrons. The molecule has 0 saturated carbocycles. The number of hydrogen-bond donors (Lipinski definition) is 1.